The van der Waals surface area contributed by atoms with Gasteiger partial charge in [-0.2, -0.15) is 0 Å². The van der Waals surface area contributed by atoms with E-state index in [1.165, 1.54) is 38.9 Å². The SMILES string of the molecule is CCNC(=NCC(C)CN1CCCCC1)N1CCN(Cc2ccon2)CC1.I. The molecule has 2 saturated heterocycles. The van der Waals surface area contributed by atoms with Crippen molar-refractivity contribution in [2.24, 2.45) is 10.9 Å². The van der Waals surface area contributed by atoms with Crippen LogP contribution in [0.5, 0.6) is 0 Å². The molecule has 3 heterocycles. The molecule has 2 aliphatic heterocycles. The fourth-order valence-electron chi connectivity index (χ4n) is 3.97. The monoisotopic (exact) mass is 504 g/mol. The van der Waals surface area contributed by atoms with Gasteiger partial charge in [0.05, 0.1) is 5.69 Å². The third-order valence-corrected chi connectivity index (χ3v) is 5.45. The van der Waals surface area contributed by atoms with Crippen LogP contribution in [0.4, 0.5) is 0 Å². The van der Waals surface area contributed by atoms with E-state index in [0.717, 1.165) is 57.5 Å². The number of aromatic nitrogens is 1. The van der Waals surface area contributed by atoms with E-state index in [1.807, 2.05) is 6.07 Å². The molecule has 7 nitrogen and oxygen atoms in total. The highest BCUT2D eigenvalue weighted by Crippen LogP contribution is 2.12. The zero-order chi connectivity index (χ0) is 18.9. The number of piperazine rings is 1. The molecule has 0 amide bonds. The van der Waals surface area contributed by atoms with E-state index in [1.54, 1.807) is 6.26 Å². The molecule has 160 valence electrons. The van der Waals surface area contributed by atoms with Gasteiger partial charge in [-0.25, -0.2) is 0 Å². The van der Waals surface area contributed by atoms with Crippen LogP contribution >= 0.6 is 24.0 Å². The van der Waals surface area contributed by atoms with Crippen molar-refractivity contribution in [2.45, 2.75) is 39.7 Å². The lowest BCUT2D eigenvalue weighted by atomic mass is 10.1. The third kappa shape index (κ3) is 7.51. The second kappa shape index (κ2) is 12.6. The summed E-state index contributed by atoms with van der Waals surface area (Å²) in [6.07, 6.45) is 5.76. The van der Waals surface area contributed by atoms with Crippen LogP contribution in [0.2, 0.25) is 0 Å². The molecule has 1 atom stereocenters. The summed E-state index contributed by atoms with van der Waals surface area (Å²) in [6, 6.07) is 1.95. The number of hydrogen-bond donors (Lipinski definition) is 1. The molecule has 0 aliphatic carbocycles. The lowest BCUT2D eigenvalue weighted by molar-refractivity contribution is 0.168. The van der Waals surface area contributed by atoms with Crippen LogP contribution in [0.3, 0.4) is 0 Å². The van der Waals surface area contributed by atoms with Gasteiger partial charge in [-0.3, -0.25) is 9.89 Å². The number of nitrogens with zero attached hydrogens (tertiary/aromatic N) is 5. The molecule has 1 unspecified atom stereocenters. The normalized spacial score (nSPS) is 20.6. The van der Waals surface area contributed by atoms with Crippen LogP contribution in [0.1, 0.15) is 38.8 Å². The van der Waals surface area contributed by atoms with Crippen LogP contribution < -0.4 is 5.32 Å². The lowest BCUT2D eigenvalue weighted by Gasteiger charge is -2.36. The number of hydrogen-bond acceptors (Lipinski definition) is 5. The topological polar surface area (TPSA) is 60.1 Å². The van der Waals surface area contributed by atoms with E-state index in [2.05, 4.69) is 39.0 Å². The molecule has 1 N–H and O–H groups in total. The molecule has 0 aromatic carbocycles. The Balaban J connectivity index is 0.00000280. The quantitative estimate of drug-likeness (QED) is 0.350. The van der Waals surface area contributed by atoms with Gasteiger partial charge in [-0.1, -0.05) is 18.5 Å². The first kappa shape index (κ1) is 23.4. The fourth-order valence-corrected chi connectivity index (χ4v) is 3.97. The van der Waals surface area contributed by atoms with Crippen molar-refractivity contribution in [1.82, 2.24) is 25.2 Å². The highest BCUT2D eigenvalue weighted by molar-refractivity contribution is 14.0. The first-order chi connectivity index (χ1) is 13.2. The highest BCUT2D eigenvalue weighted by atomic mass is 127. The molecule has 0 bridgehead atoms. The van der Waals surface area contributed by atoms with Crippen LogP contribution in [-0.2, 0) is 6.54 Å². The Hall–Kier alpha value is -0.870. The summed E-state index contributed by atoms with van der Waals surface area (Å²) in [5, 5.41) is 7.51. The summed E-state index contributed by atoms with van der Waals surface area (Å²) in [6.45, 7) is 14.9. The van der Waals surface area contributed by atoms with Crippen molar-refractivity contribution >= 4 is 29.9 Å². The van der Waals surface area contributed by atoms with Crippen LogP contribution in [-0.4, -0.2) is 84.7 Å². The minimum atomic E-state index is 0. The first-order valence-electron chi connectivity index (χ1n) is 10.6. The Morgan fingerprint density at radius 1 is 1.14 bits per heavy atom. The smallest absolute Gasteiger partial charge is 0.194 e. The molecule has 0 spiro atoms. The van der Waals surface area contributed by atoms with Crippen molar-refractivity contribution in [1.29, 1.82) is 0 Å². The standard InChI is InChI=1S/C20H36N6O.HI/c1-3-21-20(22-15-18(2)16-24-8-5-4-6-9-24)26-12-10-25(11-13-26)17-19-7-14-27-23-19;/h7,14,18H,3-6,8-13,15-17H2,1-2H3,(H,21,22);1H. The van der Waals surface area contributed by atoms with Gasteiger partial charge in [-0.15, -0.1) is 24.0 Å². The largest absolute Gasteiger partial charge is 0.364 e. The molecular weight excluding hydrogens is 467 g/mol. The van der Waals surface area contributed by atoms with E-state index < -0.39 is 0 Å². The van der Waals surface area contributed by atoms with Crippen molar-refractivity contribution < 1.29 is 4.52 Å². The maximum absolute atomic E-state index is 4.96. The number of guanidine groups is 1. The summed E-state index contributed by atoms with van der Waals surface area (Å²) in [5.41, 5.74) is 1.01. The predicted molar refractivity (Wildman–Crippen MR) is 124 cm³/mol. The minimum absolute atomic E-state index is 0. The average Bonchev–Trinajstić information content (AvgIpc) is 3.20. The van der Waals surface area contributed by atoms with Gasteiger partial charge in [0, 0.05) is 58.4 Å². The Labute approximate surface area is 186 Å². The maximum atomic E-state index is 4.96. The number of halogens is 1. The van der Waals surface area contributed by atoms with Crippen LogP contribution in [0.15, 0.2) is 21.8 Å². The van der Waals surface area contributed by atoms with E-state index in [-0.39, 0.29) is 24.0 Å². The van der Waals surface area contributed by atoms with Crippen molar-refractivity contribution in [3.63, 3.8) is 0 Å². The van der Waals surface area contributed by atoms with Crippen molar-refractivity contribution in [3.05, 3.63) is 18.0 Å². The zero-order valence-corrected chi connectivity index (χ0v) is 19.8. The van der Waals surface area contributed by atoms with Gasteiger partial charge >= 0.3 is 0 Å². The van der Waals surface area contributed by atoms with Crippen molar-refractivity contribution in [2.75, 3.05) is 58.9 Å². The van der Waals surface area contributed by atoms with Gasteiger partial charge in [0.2, 0.25) is 0 Å². The molecule has 2 fully saturated rings. The first-order valence-corrected chi connectivity index (χ1v) is 10.6. The summed E-state index contributed by atoms with van der Waals surface area (Å²) >= 11 is 0. The summed E-state index contributed by atoms with van der Waals surface area (Å²) in [7, 11) is 0. The maximum Gasteiger partial charge on any atom is 0.194 e. The number of likely N-dealkylation sites (tertiary alicyclic amines) is 1. The second-order valence-corrected chi connectivity index (χ2v) is 7.92. The van der Waals surface area contributed by atoms with Gasteiger partial charge < -0.3 is 19.6 Å². The van der Waals surface area contributed by atoms with Gasteiger partial charge in [0.25, 0.3) is 0 Å². The molecule has 1 aromatic heterocycles. The summed E-state index contributed by atoms with van der Waals surface area (Å²) in [5.74, 6) is 1.68. The highest BCUT2D eigenvalue weighted by Gasteiger charge is 2.21. The summed E-state index contributed by atoms with van der Waals surface area (Å²) in [4.78, 5) is 12.4. The van der Waals surface area contributed by atoms with Gasteiger partial charge in [-0.05, 0) is 38.8 Å². The second-order valence-electron chi connectivity index (χ2n) is 7.92. The zero-order valence-electron chi connectivity index (χ0n) is 17.5. The summed E-state index contributed by atoms with van der Waals surface area (Å²) < 4.78 is 4.94. The van der Waals surface area contributed by atoms with Crippen LogP contribution in [0, 0.1) is 5.92 Å². The van der Waals surface area contributed by atoms with E-state index >= 15 is 0 Å². The van der Waals surface area contributed by atoms with Gasteiger partial charge in [0.1, 0.15) is 6.26 Å². The Bertz CT molecular complexity index is 553. The number of aliphatic imine (C=N–C) groups is 1. The van der Waals surface area contributed by atoms with E-state index in [4.69, 9.17) is 9.52 Å². The Morgan fingerprint density at radius 3 is 2.54 bits per heavy atom. The number of piperidine rings is 1. The molecule has 28 heavy (non-hydrogen) atoms. The Kier molecular flexibility index (Phi) is 10.6. The number of nitrogens with one attached hydrogen (secondary N) is 1. The molecule has 0 radical (unpaired) electrons. The van der Waals surface area contributed by atoms with E-state index in [9.17, 15) is 0 Å². The molecular formula is C20H37IN6O. The molecule has 0 saturated carbocycles. The predicted octanol–water partition coefficient (Wildman–Crippen LogP) is 2.50. The minimum Gasteiger partial charge on any atom is -0.364 e. The lowest BCUT2D eigenvalue weighted by Crippen LogP contribution is -2.52. The number of rotatable bonds is 7. The molecule has 8 heteroatoms. The van der Waals surface area contributed by atoms with E-state index in [0.29, 0.717) is 5.92 Å². The molecule has 2 aliphatic rings. The van der Waals surface area contributed by atoms with Crippen LogP contribution in [0.25, 0.3) is 0 Å². The third-order valence-electron chi connectivity index (χ3n) is 5.45. The van der Waals surface area contributed by atoms with Crippen molar-refractivity contribution in [3.8, 4) is 0 Å². The Morgan fingerprint density at radius 2 is 1.89 bits per heavy atom. The fraction of sp³-hybridized carbons (Fsp3) is 0.800. The van der Waals surface area contributed by atoms with Gasteiger partial charge in [0.15, 0.2) is 5.96 Å². The average molecular weight is 504 g/mol. The molecule has 1 aromatic rings. The molecule has 3 rings (SSSR count).